The maximum Gasteiger partial charge on any atom is 0.326 e. The summed E-state index contributed by atoms with van der Waals surface area (Å²) in [5, 5.41) is 0.526. The molecule has 0 fully saturated rings. The molecule has 5 heteroatoms. The molecule has 0 atom stereocenters. The lowest BCUT2D eigenvalue weighted by Gasteiger charge is -1.94. The molecule has 2 aromatic rings. The first-order valence-electron chi connectivity index (χ1n) is 4.53. The third-order valence-corrected chi connectivity index (χ3v) is 2.08. The van der Waals surface area contributed by atoms with Crippen molar-refractivity contribution in [1.29, 1.82) is 0 Å². The zero-order valence-corrected chi connectivity index (χ0v) is 7.83. The van der Waals surface area contributed by atoms with Gasteiger partial charge in [0.15, 0.2) is 0 Å². The number of fused-ring (bicyclic) bond motifs is 1. The van der Waals surface area contributed by atoms with Crippen LogP contribution in [0.4, 0.5) is 0 Å². The van der Waals surface area contributed by atoms with E-state index >= 15 is 0 Å². The lowest BCUT2D eigenvalue weighted by molar-refractivity contribution is 0.685. The highest BCUT2D eigenvalue weighted by molar-refractivity contribution is 5.76. The van der Waals surface area contributed by atoms with Crippen molar-refractivity contribution in [3.63, 3.8) is 0 Å². The van der Waals surface area contributed by atoms with Crippen LogP contribution in [0, 0.1) is 0 Å². The fraction of sp³-hybridized carbons (Fsp3) is 0.333. The SMILES string of the molecule is CCCn1cc2[nH]c(=O)[nH]c(=O)c2c1. The standard InChI is InChI=1S/C9H11N3O2/c1-2-3-12-4-6-7(5-12)10-9(14)11-8(6)13/h4-5H,2-3H2,1H3,(H2,10,11,13,14). The maximum absolute atomic E-state index is 11.3. The Kier molecular flexibility index (Phi) is 1.99. The zero-order valence-electron chi connectivity index (χ0n) is 7.83. The Morgan fingerprint density at radius 1 is 1.29 bits per heavy atom. The molecule has 0 saturated carbocycles. The summed E-state index contributed by atoms with van der Waals surface area (Å²) in [4.78, 5) is 27.0. The number of hydrogen-bond donors (Lipinski definition) is 2. The van der Waals surface area contributed by atoms with Crippen LogP contribution >= 0.6 is 0 Å². The average Bonchev–Trinajstić information content (AvgIpc) is 2.48. The summed E-state index contributed by atoms with van der Waals surface area (Å²) in [6.45, 7) is 2.90. The molecule has 0 unspecified atom stereocenters. The van der Waals surface area contributed by atoms with Gasteiger partial charge < -0.3 is 9.55 Å². The molecule has 0 aromatic carbocycles. The highest BCUT2D eigenvalue weighted by Gasteiger charge is 2.02. The molecule has 0 aliphatic heterocycles. The topological polar surface area (TPSA) is 70.7 Å². The molecule has 0 aliphatic rings. The molecule has 2 rings (SSSR count). The summed E-state index contributed by atoms with van der Waals surface area (Å²) in [5.41, 5.74) is -0.206. The largest absolute Gasteiger partial charge is 0.351 e. The van der Waals surface area contributed by atoms with E-state index in [2.05, 4.69) is 16.9 Å². The molecule has 2 heterocycles. The molecular formula is C9H11N3O2. The number of aryl methyl sites for hydroxylation is 1. The maximum atomic E-state index is 11.3. The summed E-state index contributed by atoms with van der Waals surface area (Å²) in [5.74, 6) is 0. The fourth-order valence-corrected chi connectivity index (χ4v) is 1.50. The van der Waals surface area contributed by atoms with Crippen molar-refractivity contribution in [2.24, 2.45) is 0 Å². The van der Waals surface area contributed by atoms with E-state index in [4.69, 9.17) is 0 Å². The minimum Gasteiger partial charge on any atom is -0.351 e. The van der Waals surface area contributed by atoms with Gasteiger partial charge in [0.25, 0.3) is 5.56 Å². The van der Waals surface area contributed by atoms with Gasteiger partial charge in [-0.05, 0) is 6.42 Å². The van der Waals surface area contributed by atoms with Crippen LogP contribution in [0.15, 0.2) is 22.0 Å². The second kappa shape index (κ2) is 3.17. The lowest BCUT2D eigenvalue weighted by atomic mass is 10.4. The Morgan fingerprint density at radius 3 is 2.79 bits per heavy atom. The van der Waals surface area contributed by atoms with Crippen LogP contribution in [0.1, 0.15) is 13.3 Å². The summed E-state index contributed by atoms with van der Waals surface area (Å²) < 4.78 is 1.90. The number of H-pyrrole nitrogens is 2. The van der Waals surface area contributed by atoms with E-state index in [1.807, 2.05) is 4.57 Å². The number of rotatable bonds is 2. The molecule has 5 nitrogen and oxygen atoms in total. The Balaban J connectivity index is 2.71. The molecule has 0 saturated heterocycles. The van der Waals surface area contributed by atoms with Gasteiger partial charge in [-0.3, -0.25) is 9.78 Å². The molecule has 14 heavy (non-hydrogen) atoms. The van der Waals surface area contributed by atoms with E-state index in [9.17, 15) is 9.59 Å². The smallest absolute Gasteiger partial charge is 0.326 e. The van der Waals surface area contributed by atoms with Crippen LogP contribution in [0.3, 0.4) is 0 Å². The van der Waals surface area contributed by atoms with Crippen molar-refractivity contribution in [1.82, 2.24) is 14.5 Å². The summed E-state index contributed by atoms with van der Waals surface area (Å²) in [6.07, 6.45) is 4.51. The van der Waals surface area contributed by atoms with E-state index in [0.29, 0.717) is 10.9 Å². The Hall–Kier alpha value is -1.78. The van der Waals surface area contributed by atoms with Gasteiger partial charge in [-0.1, -0.05) is 6.92 Å². The average molecular weight is 193 g/mol. The Morgan fingerprint density at radius 2 is 2.07 bits per heavy atom. The Labute approximate surface area is 79.4 Å². The van der Waals surface area contributed by atoms with Gasteiger partial charge in [-0.15, -0.1) is 0 Å². The molecule has 0 radical (unpaired) electrons. The normalized spacial score (nSPS) is 10.9. The van der Waals surface area contributed by atoms with Crippen LogP contribution in [-0.4, -0.2) is 14.5 Å². The van der Waals surface area contributed by atoms with E-state index in [1.165, 1.54) is 0 Å². The van der Waals surface area contributed by atoms with Gasteiger partial charge in [-0.2, -0.15) is 0 Å². The van der Waals surface area contributed by atoms with Crippen LogP contribution < -0.4 is 11.2 Å². The van der Waals surface area contributed by atoms with Gasteiger partial charge in [-0.25, -0.2) is 4.79 Å². The number of hydrogen-bond acceptors (Lipinski definition) is 2. The second-order valence-corrected chi connectivity index (χ2v) is 3.23. The first kappa shape index (κ1) is 8.80. The van der Waals surface area contributed by atoms with Crippen molar-refractivity contribution in [2.45, 2.75) is 19.9 Å². The third kappa shape index (κ3) is 1.37. The van der Waals surface area contributed by atoms with Crippen LogP contribution in [0.5, 0.6) is 0 Å². The van der Waals surface area contributed by atoms with E-state index in [-0.39, 0.29) is 5.56 Å². The third-order valence-electron chi connectivity index (χ3n) is 2.08. The van der Waals surface area contributed by atoms with Crippen molar-refractivity contribution >= 4 is 10.9 Å². The van der Waals surface area contributed by atoms with Gasteiger partial charge >= 0.3 is 5.69 Å². The summed E-state index contributed by atoms with van der Waals surface area (Å²) >= 11 is 0. The van der Waals surface area contributed by atoms with Gasteiger partial charge in [0.2, 0.25) is 0 Å². The molecule has 0 amide bonds. The number of nitrogens with one attached hydrogen (secondary N) is 2. The van der Waals surface area contributed by atoms with Crippen LogP contribution in [-0.2, 0) is 6.54 Å². The van der Waals surface area contributed by atoms with E-state index < -0.39 is 5.69 Å². The minimum atomic E-state index is -0.461. The molecule has 0 spiro atoms. The summed E-state index contributed by atoms with van der Waals surface area (Å²) in [7, 11) is 0. The molecule has 74 valence electrons. The first-order valence-corrected chi connectivity index (χ1v) is 4.53. The van der Waals surface area contributed by atoms with Crippen molar-refractivity contribution in [2.75, 3.05) is 0 Å². The second-order valence-electron chi connectivity index (χ2n) is 3.23. The number of aromatic amines is 2. The number of aromatic nitrogens is 3. The predicted octanol–water partition coefficient (Wildman–Crippen LogP) is 0.428. The fourth-order valence-electron chi connectivity index (χ4n) is 1.50. The van der Waals surface area contributed by atoms with Crippen molar-refractivity contribution in [3.8, 4) is 0 Å². The van der Waals surface area contributed by atoms with E-state index in [1.54, 1.807) is 12.4 Å². The molecule has 0 aliphatic carbocycles. The van der Waals surface area contributed by atoms with E-state index in [0.717, 1.165) is 13.0 Å². The molecular weight excluding hydrogens is 182 g/mol. The van der Waals surface area contributed by atoms with Crippen LogP contribution in [0.25, 0.3) is 10.9 Å². The zero-order chi connectivity index (χ0) is 10.1. The molecule has 2 aromatic heterocycles. The molecule has 2 N–H and O–H groups in total. The van der Waals surface area contributed by atoms with Gasteiger partial charge in [0.1, 0.15) is 0 Å². The monoisotopic (exact) mass is 193 g/mol. The quantitative estimate of drug-likeness (QED) is 0.726. The molecule has 0 bridgehead atoms. The van der Waals surface area contributed by atoms with Crippen LogP contribution in [0.2, 0.25) is 0 Å². The van der Waals surface area contributed by atoms with Gasteiger partial charge in [0.05, 0.1) is 10.9 Å². The predicted molar refractivity (Wildman–Crippen MR) is 53.5 cm³/mol. The number of nitrogens with zero attached hydrogens (tertiary/aromatic N) is 1. The highest BCUT2D eigenvalue weighted by atomic mass is 16.2. The van der Waals surface area contributed by atoms with Gasteiger partial charge in [0, 0.05) is 18.9 Å². The Bertz CT molecular complexity index is 561. The van der Waals surface area contributed by atoms with Crippen molar-refractivity contribution in [3.05, 3.63) is 33.2 Å². The minimum absolute atomic E-state index is 0.335. The first-order chi connectivity index (χ1) is 6.70. The summed E-state index contributed by atoms with van der Waals surface area (Å²) in [6, 6.07) is 0. The van der Waals surface area contributed by atoms with Crippen molar-refractivity contribution < 1.29 is 0 Å². The lowest BCUT2D eigenvalue weighted by Crippen LogP contribution is -2.20. The highest BCUT2D eigenvalue weighted by Crippen LogP contribution is 2.06.